The van der Waals surface area contributed by atoms with Crippen LogP contribution in [-0.4, -0.2) is 45.8 Å². The van der Waals surface area contributed by atoms with E-state index in [4.69, 9.17) is 0 Å². The average molecular weight is 514 g/mol. The molecule has 3 N–H and O–H groups in total. The molecule has 0 aromatic heterocycles. The molecule has 1 rings (SSSR count). The first-order valence-electron chi connectivity index (χ1n) is 8.62. The van der Waals surface area contributed by atoms with Crippen molar-refractivity contribution in [2.24, 2.45) is 4.99 Å². The van der Waals surface area contributed by atoms with Gasteiger partial charge in [-0.25, -0.2) is 17.5 Å². The molecule has 0 aliphatic carbocycles. The monoisotopic (exact) mass is 514 g/mol. The second-order valence-electron chi connectivity index (χ2n) is 7.70. The molecule has 156 valence electrons. The summed E-state index contributed by atoms with van der Waals surface area (Å²) in [5.41, 5.74) is -0.118. The maximum absolute atomic E-state index is 13.5. The summed E-state index contributed by atoms with van der Waals surface area (Å²) in [5.74, 6) is 0.324. The Labute approximate surface area is 179 Å². The number of aliphatic imine (C=N–C) groups is 1. The Morgan fingerprint density at radius 1 is 1.19 bits per heavy atom. The predicted molar refractivity (Wildman–Crippen MR) is 121 cm³/mol. The summed E-state index contributed by atoms with van der Waals surface area (Å²) >= 11 is 0. The lowest BCUT2D eigenvalue weighted by molar-refractivity contribution is 0.462. The first-order chi connectivity index (χ1) is 11.8. The van der Waals surface area contributed by atoms with Crippen molar-refractivity contribution in [1.82, 2.24) is 15.4 Å². The lowest BCUT2D eigenvalue weighted by atomic mass is 9.84. The molecular formula is C18H32FIN4O2S. The molecule has 27 heavy (non-hydrogen) atoms. The Balaban J connectivity index is 0.00000676. The SMILES string of the molecule is CCNC(=NCC(C)(C)NS(C)(=O)=O)NCC(C)(C)c1cccc(F)c1.I. The molecular weight excluding hydrogens is 482 g/mol. The number of halogens is 2. The van der Waals surface area contributed by atoms with Crippen molar-refractivity contribution < 1.29 is 12.8 Å². The van der Waals surface area contributed by atoms with Crippen molar-refractivity contribution in [3.8, 4) is 0 Å². The van der Waals surface area contributed by atoms with E-state index in [2.05, 4.69) is 20.3 Å². The number of benzene rings is 1. The van der Waals surface area contributed by atoms with Gasteiger partial charge in [0.25, 0.3) is 0 Å². The van der Waals surface area contributed by atoms with Gasteiger partial charge in [0.05, 0.1) is 12.8 Å². The summed E-state index contributed by atoms with van der Waals surface area (Å²) < 4.78 is 38.9. The molecule has 9 heteroatoms. The molecule has 0 saturated carbocycles. The van der Waals surface area contributed by atoms with Gasteiger partial charge in [-0.15, -0.1) is 24.0 Å². The number of guanidine groups is 1. The van der Waals surface area contributed by atoms with Crippen LogP contribution in [0.15, 0.2) is 29.3 Å². The molecule has 1 aromatic carbocycles. The van der Waals surface area contributed by atoms with Gasteiger partial charge in [-0.05, 0) is 38.5 Å². The molecule has 0 spiro atoms. The van der Waals surface area contributed by atoms with Crippen LogP contribution in [0.2, 0.25) is 0 Å². The third kappa shape index (κ3) is 10.2. The molecule has 6 nitrogen and oxygen atoms in total. The Morgan fingerprint density at radius 3 is 2.33 bits per heavy atom. The highest BCUT2D eigenvalue weighted by Gasteiger charge is 2.23. The minimum absolute atomic E-state index is 0. The lowest BCUT2D eigenvalue weighted by Gasteiger charge is -2.28. The van der Waals surface area contributed by atoms with Gasteiger partial charge in [-0.1, -0.05) is 26.0 Å². The predicted octanol–water partition coefficient (Wildman–Crippen LogP) is 2.60. The maximum atomic E-state index is 13.5. The van der Waals surface area contributed by atoms with Gasteiger partial charge in [-0.3, -0.25) is 4.99 Å². The van der Waals surface area contributed by atoms with Gasteiger partial charge in [0.1, 0.15) is 5.82 Å². The fourth-order valence-electron chi connectivity index (χ4n) is 2.47. The van der Waals surface area contributed by atoms with Gasteiger partial charge in [0, 0.05) is 24.0 Å². The minimum atomic E-state index is -3.31. The number of hydrogen-bond donors (Lipinski definition) is 3. The van der Waals surface area contributed by atoms with Crippen molar-refractivity contribution in [2.45, 2.75) is 45.6 Å². The Hall–Kier alpha value is -0.940. The second kappa shape index (κ2) is 10.6. The van der Waals surface area contributed by atoms with E-state index in [0.717, 1.165) is 11.8 Å². The zero-order valence-corrected chi connectivity index (χ0v) is 20.0. The second-order valence-corrected chi connectivity index (χ2v) is 9.45. The fourth-order valence-corrected chi connectivity index (χ4v) is 3.54. The highest BCUT2D eigenvalue weighted by Crippen LogP contribution is 2.22. The Bertz CT molecular complexity index is 737. The molecule has 0 bridgehead atoms. The Kier molecular flexibility index (Phi) is 10.2. The van der Waals surface area contributed by atoms with Crippen LogP contribution in [-0.2, 0) is 15.4 Å². The molecule has 0 radical (unpaired) electrons. The van der Waals surface area contributed by atoms with Crippen LogP contribution in [0.1, 0.15) is 40.2 Å². The molecule has 0 aliphatic heterocycles. The number of nitrogens with one attached hydrogen (secondary N) is 3. The van der Waals surface area contributed by atoms with E-state index in [-0.39, 0.29) is 41.8 Å². The normalized spacial score (nSPS) is 13.1. The minimum Gasteiger partial charge on any atom is -0.357 e. The molecule has 1 aromatic rings. The standard InChI is InChI=1S/C18H31FN4O2S.HI/c1-7-20-16(22-13-18(4,5)23-26(6,24)25)21-12-17(2,3)14-9-8-10-15(19)11-14;/h8-11,23H,7,12-13H2,1-6H3,(H2,20,21,22);1H. The van der Waals surface area contributed by atoms with Crippen LogP contribution in [0, 0.1) is 5.82 Å². The van der Waals surface area contributed by atoms with Crippen LogP contribution in [0.3, 0.4) is 0 Å². The highest BCUT2D eigenvalue weighted by atomic mass is 127. The summed E-state index contributed by atoms with van der Waals surface area (Å²) in [7, 11) is -3.31. The van der Waals surface area contributed by atoms with E-state index in [0.29, 0.717) is 19.0 Å². The largest absolute Gasteiger partial charge is 0.357 e. The highest BCUT2D eigenvalue weighted by molar-refractivity contribution is 14.0. The van der Waals surface area contributed by atoms with Crippen LogP contribution in [0.5, 0.6) is 0 Å². The van der Waals surface area contributed by atoms with Crippen molar-refractivity contribution in [1.29, 1.82) is 0 Å². The van der Waals surface area contributed by atoms with E-state index in [1.165, 1.54) is 12.1 Å². The van der Waals surface area contributed by atoms with Crippen LogP contribution in [0.4, 0.5) is 4.39 Å². The summed E-state index contributed by atoms with van der Waals surface area (Å²) in [6.07, 6.45) is 1.13. The topological polar surface area (TPSA) is 82.6 Å². The van der Waals surface area contributed by atoms with Crippen molar-refractivity contribution in [3.63, 3.8) is 0 Å². The molecule has 0 unspecified atom stereocenters. The molecule has 0 fully saturated rings. The quantitative estimate of drug-likeness (QED) is 0.283. The van der Waals surface area contributed by atoms with Gasteiger partial charge >= 0.3 is 0 Å². The van der Waals surface area contributed by atoms with Crippen molar-refractivity contribution in [2.75, 3.05) is 25.9 Å². The van der Waals surface area contributed by atoms with Gasteiger partial charge in [-0.2, -0.15) is 0 Å². The summed E-state index contributed by atoms with van der Waals surface area (Å²) in [4.78, 5) is 4.48. The van der Waals surface area contributed by atoms with E-state index in [1.807, 2.05) is 26.8 Å². The van der Waals surface area contributed by atoms with Crippen LogP contribution >= 0.6 is 24.0 Å². The number of sulfonamides is 1. The zero-order chi connectivity index (χ0) is 20.0. The molecule has 0 atom stereocenters. The molecule has 0 heterocycles. The van der Waals surface area contributed by atoms with E-state index >= 15 is 0 Å². The summed E-state index contributed by atoms with van der Waals surface area (Å²) in [5, 5.41) is 6.39. The van der Waals surface area contributed by atoms with E-state index < -0.39 is 15.6 Å². The van der Waals surface area contributed by atoms with Crippen molar-refractivity contribution >= 4 is 40.0 Å². The van der Waals surface area contributed by atoms with Gasteiger partial charge in [0.15, 0.2) is 5.96 Å². The van der Waals surface area contributed by atoms with Gasteiger partial charge in [0.2, 0.25) is 10.0 Å². The van der Waals surface area contributed by atoms with Crippen molar-refractivity contribution in [3.05, 3.63) is 35.6 Å². The maximum Gasteiger partial charge on any atom is 0.209 e. The number of hydrogen-bond acceptors (Lipinski definition) is 3. The Morgan fingerprint density at radius 2 is 1.81 bits per heavy atom. The summed E-state index contributed by atoms with van der Waals surface area (Å²) in [6.45, 7) is 11.0. The third-order valence-electron chi connectivity index (χ3n) is 3.74. The lowest BCUT2D eigenvalue weighted by Crippen LogP contribution is -2.47. The van der Waals surface area contributed by atoms with E-state index in [1.54, 1.807) is 19.9 Å². The fraction of sp³-hybridized carbons (Fsp3) is 0.611. The molecule has 0 saturated heterocycles. The van der Waals surface area contributed by atoms with E-state index in [9.17, 15) is 12.8 Å². The van der Waals surface area contributed by atoms with Crippen LogP contribution < -0.4 is 15.4 Å². The smallest absolute Gasteiger partial charge is 0.209 e. The first-order valence-corrected chi connectivity index (χ1v) is 10.5. The number of nitrogens with zero attached hydrogens (tertiary/aromatic N) is 1. The summed E-state index contributed by atoms with van der Waals surface area (Å²) in [6, 6.07) is 6.55. The first kappa shape index (κ1) is 26.1. The zero-order valence-electron chi connectivity index (χ0n) is 16.9. The average Bonchev–Trinajstić information content (AvgIpc) is 2.48. The molecule has 0 amide bonds. The third-order valence-corrected chi connectivity index (χ3v) is 4.67. The molecule has 0 aliphatic rings. The number of rotatable bonds is 8. The van der Waals surface area contributed by atoms with Gasteiger partial charge < -0.3 is 10.6 Å². The van der Waals surface area contributed by atoms with Crippen LogP contribution in [0.25, 0.3) is 0 Å².